The van der Waals surface area contributed by atoms with Gasteiger partial charge in [-0.15, -0.1) is 0 Å². The molecule has 0 aliphatic carbocycles. The van der Waals surface area contributed by atoms with Gasteiger partial charge in [0.15, 0.2) is 15.7 Å². The molecule has 4 rings (SSSR count). The smallest absolute Gasteiger partial charge is 0.267 e. The average Bonchev–Trinajstić information content (AvgIpc) is 2.78. The average molecular weight is 494 g/mol. The molecule has 2 aromatic carbocycles. The van der Waals surface area contributed by atoms with Crippen LogP contribution in [-0.4, -0.2) is 28.9 Å². The summed E-state index contributed by atoms with van der Waals surface area (Å²) in [6.45, 7) is 1.45. The monoisotopic (exact) mass is 493 g/mol. The molecule has 0 atom stereocenters. The lowest BCUT2D eigenvalue weighted by molar-refractivity contribution is -0.137. The van der Waals surface area contributed by atoms with Gasteiger partial charge in [0.25, 0.3) is 5.56 Å². The van der Waals surface area contributed by atoms with Crippen molar-refractivity contribution in [3.05, 3.63) is 81.7 Å². The van der Waals surface area contributed by atoms with Crippen molar-refractivity contribution in [3.63, 3.8) is 0 Å². The quantitative estimate of drug-likeness (QED) is 0.403. The summed E-state index contributed by atoms with van der Waals surface area (Å²) in [7, 11) is -3.81. The van der Waals surface area contributed by atoms with Gasteiger partial charge >= 0.3 is 6.18 Å². The molecule has 0 fully saturated rings. The summed E-state index contributed by atoms with van der Waals surface area (Å²) in [5.74, 6) is -0.490. The van der Waals surface area contributed by atoms with Crippen molar-refractivity contribution in [2.75, 3.05) is 5.75 Å². The summed E-state index contributed by atoms with van der Waals surface area (Å²) in [5, 5.41) is 4.35. The number of fused-ring (bicyclic) bond motifs is 1. The molecule has 0 amide bonds. The molecule has 0 unspecified atom stereocenters. The molecule has 0 saturated carbocycles. The van der Waals surface area contributed by atoms with E-state index in [1.807, 2.05) is 0 Å². The normalized spacial score (nSPS) is 12.3. The van der Waals surface area contributed by atoms with Crippen LogP contribution in [0.5, 0.6) is 0 Å². The number of alkyl halides is 3. The Kier molecular flexibility index (Phi) is 5.75. The van der Waals surface area contributed by atoms with Crippen molar-refractivity contribution in [2.45, 2.75) is 18.0 Å². The van der Waals surface area contributed by atoms with Gasteiger partial charge in [0.05, 0.1) is 28.6 Å². The highest BCUT2D eigenvalue weighted by molar-refractivity contribution is 7.91. The zero-order chi connectivity index (χ0) is 24.0. The molecule has 2 aromatic heterocycles. The second-order valence-electron chi connectivity index (χ2n) is 7.09. The fourth-order valence-corrected chi connectivity index (χ4v) is 4.37. The number of hydrogen-bond donors (Lipinski definition) is 0. The summed E-state index contributed by atoms with van der Waals surface area (Å²) in [4.78, 5) is 17.3. The first-order chi connectivity index (χ1) is 15.5. The summed E-state index contributed by atoms with van der Waals surface area (Å²) in [6, 6.07) is 12.1. The number of pyridine rings is 1. The predicted octanol–water partition coefficient (Wildman–Crippen LogP) is 4.91. The van der Waals surface area contributed by atoms with Gasteiger partial charge in [-0.05, 0) is 42.5 Å². The Bertz CT molecular complexity index is 1530. The van der Waals surface area contributed by atoms with E-state index in [9.17, 15) is 26.4 Å². The molecular weight excluding hydrogens is 479 g/mol. The Morgan fingerprint density at radius 1 is 1.03 bits per heavy atom. The van der Waals surface area contributed by atoms with E-state index in [0.29, 0.717) is 16.3 Å². The van der Waals surface area contributed by atoms with Crippen molar-refractivity contribution >= 4 is 32.2 Å². The van der Waals surface area contributed by atoms with Crippen LogP contribution < -0.4 is 5.56 Å². The predicted molar refractivity (Wildman–Crippen MR) is 118 cm³/mol. The van der Waals surface area contributed by atoms with E-state index in [0.717, 1.165) is 29.1 Å². The first kappa shape index (κ1) is 22.9. The number of benzene rings is 2. The molecule has 0 spiro atoms. The van der Waals surface area contributed by atoms with Crippen LogP contribution in [0, 0.1) is 0 Å². The summed E-state index contributed by atoms with van der Waals surface area (Å²) in [6.07, 6.45) is -3.51. The van der Waals surface area contributed by atoms with Crippen LogP contribution in [0.15, 0.2) is 70.5 Å². The fraction of sp³-hybridized carbons (Fsp3) is 0.136. The van der Waals surface area contributed by atoms with E-state index in [4.69, 9.17) is 11.6 Å². The minimum atomic E-state index is -4.58. The zero-order valence-corrected chi connectivity index (χ0v) is 18.5. The summed E-state index contributed by atoms with van der Waals surface area (Å²) < 4.78 is 65.2. The summed E-state index contributed by atoms with van der Waals surface area (Å²) >= 11 is 5.92. The Balaban J connectivity index is 1.97. The van der Waals surface area contributed by atoms with Gasteiger partial charge in [0.1, 0.15) is 4.90 Å². The lowest BCUT2D eigenvalue weighted by Gasteiger charge is -2.13. The largest absolute Gasteiger partial charge is 0.416 e. The van der Waals surface area contributed by atoms with Crippen LogP contribution >= 0.6 is 11.6 Å². The highest BCUT2D eigenvalue weighted by Gasteiger charge is 2.31. The maximum atomic E-state index is 13.1. The van der Waals surface area contributed by atoms with Crippen molar-refractivity contribution in [1.29, 1.82) is 0 Å². The van der Waals surface area contributed by atoms with Gasteiger partial charge in [-0.2, -0.15) is 23.0 Å². The van der Waals surface area contributed by atoms with Crippen LogP contribution in [0.3, 0.4) is 0 Å². The third-order valence-electron chi connectivity index (χ3n) is 5.01. The molecule has 2 heterocycles. The Hall–Kier alpha value is -3.24. The Morgan fingerprint density at radius 2 is 1.73 bits per heavy atom. The molecule has 0 aliphatic heterocycles. The number of rotatable bonds is 4. The SMILES string of the molecule is CCS(=O)(=O)c1ccc(-c2ccc(Cl)cc2)nc1-n1ncc2cc(C(F)(F)F)ccc2c1=O. The van der Waals surface area contributed by atoms with Gasteiger partial charge in [-0.25, -0.2) is 13.4 Å². The maximum Gasteiger partial charge on any atom is 0.416 e. The Labute approximate surface area is 191 Å². The molecule has 0 aliphatic rings. The molecule has 4 aromatic rings. The van der Waals surface area contributed by atoms with E-state index in [1.54, 1.807) is 24.3 Å². The highest BCUT2D eigenvalue weighted by Crippen LogP contribution is 2.31. The van der Waals surface area contributed by atoms with Gasteiger partial charge in [0, 0.05) is 16.0 Å². The van der Waals surface area contributed by atoms with Crippen LogP contribution in [0.2, 0.25) is 5.02 Å². The molecule has 0 radical (unpaired) electrons. The van der Waals surface area contributed by atoms with E-state index < -0.39 is 27.1 Å². The van der Waals surface area contributed by atoms with Gasteiger partial charge < -0.3 is 0 Å². The van der Waals surface area contributed by atoms with Gasteiger partial charge in [-0.1, -0.05) is 30.7 Å². The zero-order valence-electron chi connectivity index (χ0n) is 17.0. The second kappa shape index (κ2) is 8.27. The van der Waals surface area contributed by atoms with Crippen molar-refractivity contribution < 1.29 is 21.6 Å². The molecule has 33 heavy (non-hydrogen) atoms. The molecule has 0 N–H and O–H groups in total. The lowest BCUT2D eigenvalue weighted by atomic mass is 10.1. The molecule has 170 valence electrons. The summed E-state index contributed by atoms with van der Waals surface area (Å²) in [5.41, 5.74) is -0.747. The third kappa shape index (κ3) is 4.36. The van der Waals surface area contributed by atoms with E-state index >= 15 is 0 Å². The molecule has 11 heteroatoms. The lowest BCUT2D eigenvalue weighted by Crippen LogP contribution is -2.25. The number of nitrogens with zero attached hydrogens (tertiary/aromatic N) is 3. The maximum absolute atomic E-state index is 13.1. The fourth-order valence-electron chi connectivity index (χ4n) is 3.24. The topological polar surface area (TPSA) is 81.9 Å². The molecule has 0 saturated heterocycles. The van der Waals surface area contributed by atoms with Crippen molar-refractivity contribution in [2.24, 2.45) is 0 Å². The van der Waals surface area contributed by atoms with E-state index in [-0.39, 0.29) is 27.2 Å². The van der Waals surface area contributed by atoms with Crippen LogP contribution in [0.1, 0.15) is 12.5 Å². The molecule has 6 nitrogen and oxygen atoms in total. The second-order valence-corrected chi connectivity index (χ2v) is 9.77. The van der Waals surface area contributed by atoms with Crippen LogP contribution in [0.4, 0.5) is 13.2 Å². The molecule has 0 bridgehead atoms. The Morgan fingerprint density at radius 3 is 2.36 bits per heavy atom. The van der Waals surface area contributed by atoms with Gasteiger partial charge in [-0.3, -0.25) is 4.79 Å². The third-order valence-corrected chi connectivity index (χ3v) is 7.01. The van der Waals surface area contributed by atoms with Gasteiger partial charge in [0.2, 0.25) is 0 Å². The number of sulfone groups is 1. The molecular formula is C22H15ClF3N3O3S. The first-order valence-corrected chi connectivity index (χ1v) is 11.6. The van der Waals surface area contributed by atoms with Crippen molar-refractivity contribution in [3.8, 4) is 17.1 Å². The van der Waals surface area contributed by atoms with E-state index in [1.165, 1.54) is 19.1 Å². The first-order valence-electron chi connectivity index (χ1n) is 9.60. The van der Waals surface area contributed by atoms with Crippen LogP contribution in [0.25, 0.3) is 27.8 Å². The van der Waals surface area contributed by atoms with Crippen molar-refractivity contribution in [1.82, 2.24) is 14.8 Å². The minimum absolute atomic E-state index is 0.0279. The number of halogens is 4. The van der Waals surface area contributed by atoms with Crippen LogP contribution in [-0.2, 0) is 16.0 Å². The minimum Gasteiger partial charge on any atom is -0.267 e. The number of hydrogen-bond acceptors (Lipinski definition) is 5. The van der Waals surface area contributed by atoms with E-state index in [2.05, 4.69) is 10.1 Å². The number of aromatic nitrogens is 3. The standard InChI is InChI=1S/C22H15ClF3N3O3S/c1-2-33(31,32)19-10-9-18(13-3-6-16(23)7-4-13)28-20(19)29-21(30)17-8-5-15(22(24,25)26)11-14(17)12-27-29/h3-12H,2H2,1H3. The highest BCUT2D eigenvalue weighted by atomic mass is 35.5.